The Bertz CT molecular complexity index is 377. The number of hydrogen-bond acceptors (Lipinski definition) is 1. The van der Waals surface area contributed by atoms with Gasteiger partial charge in [-0.2, -0.15) is 13.2 Å². The molecule has 1 aromatic carbocycles. The fraction of sp³-hybridized carbons (Fsp3) is 0.500. The van der Waals surface area contributed by atoms with Gasteiger partial charge in [-0.15, -0.1) is 0 Å². The fourth-order valence-corrected chi connectivity index (χ4v) is 1.88. The molecule has 96 valence electrons. The molecule has 1 atom stereocenters. The van der Waals surface area contributed by atoms with Crippen LogP contribution in [0.2, 0.25) is 0 Å². The van der Waals surface area contributed by atoms with E-state index in [1.807, 2.05) is 25.1 Å². The van der Waals surface area contributed by atoms with Gasteiger partial charge in [0, 0.05) is 17.1 Å². The van der Waals surface area contributed by atoms with Crippen LogP contribution in [0.1, 0.15) is 24.5 Å². The summed E-state index contributed by atoms with van der Waals surface area (Å²) >= 11 is 3.39. The van der Waals surface area contributed by atoms with Crippen LogP contribution in [-0.4, -0.2) is 12.2 Å². The Labute approximate surface area is 108 Å². The molecule has 0 fully saturated rings. The molecule has 0 bridgehead atoms. The van der Waals surface area contributed by atoms with Crippen molar-refractivity contribution < 1.29 is 13.2 Å². The number of nitrogens with one attached hydrogen (secondary N) is 1. The lowest BCUT2D eigenvalue weighted by Gasteiger charge is -2.16. The van der Waals surface area contributed by atoms with Gasteiger partial charge in [0.15, 0.2) is 0 Å². The fourth-order valence-electron chi connectivity index (χ4n) is 1.46. The van der Waals surface area contributed by atoms with Crippen molar-refractivity contribution >= 4 is 15.9 Å². The van der Waals surface area contributed by atoms with Gasteiger partial charge in [-0.05, 0) is 31.0 Å². The summed E-state index contributed by atoms with van der Waals surface area (Å²) in [5.74, 6) is 0. The Morgan fingerprint density at radius 2 is 2.00 bits per heavy atom. The van der Waals surface area contributed by atoms with Gasteiger partial charge in [-0.25, -0.2) is 0 Å². The first kappa shape index (κ1) is 14.5. The Hall–Kier alpha value is -0.550. The average Bonchev–Trinajstić information content (AvgIpc) is 2.17. The normalized spacial score (nSPS) is 13.8. The van der Waals surface area contributed by atoms with Crippen molar-refractivity contribution in [2.45, 2.75) is 39.0 Å². The van der Waals surface area contributed by atoms with E-state index in [4.69, 9.17) is 0 Å². The van der Waals surface area contributed by atoms with Crippen molar-refractivity contribution in [2.75, 3.05) is 0 Å². The molecule has 0 amide bonds. The molecular formula is C12H15BrF3N. The highest BCUT2D eigenvalue weighted by molar-refractivity contribution is 9.10. The van der Waals surface area contributed by atoms with E-state index >= 15 is 0 Å². The lowest BCUT2D eigenvalue weighted by atomic mass is 10.1. The Morgan fingerprint density at radius 3 is 2.53 bits per heavy atom. The molecule has 1 nitrogen and oxygen atoms in total. The van der Waals surface area contributed by atoms with Crippen LogP contribution in [0.4, 0.5) is 13.2 Å². The van der Waals surface area contributed by atoms with E-state index in [0.29, 0.717) is 6.54 Å². The highest BCUT2D eigenvalue weighted by Gasteiger charge is 2.29. The van der Waals surface area contributed by atoms with Crippen LogP contribution in [0.5, 0.6) is 0 Å². The minimum atomic E-state index is -4.11. The largest absolute Gasteiger partial charge is 0.390 e. The molecule has 1 N–H and O–H groups in total. The van der Waals surface area contributed by atoms with Gasteiger partial charge in [0.25, 0.3) is 0 Å². The van der Waals surface area contributed by atoms with Crippen LogP contribution < -0.4 is 5.32 Å². The summed E-state index contributed by atoms with van der Waals surface area (Å²) in [4.78, 5) is 0. The van der Waals surface area contributed by atoms with Crippen molar-refractivity contribution in [2.24, 2.45) is 0 Å². The van der Waals surface area contributed by atoms with Crippen LogP contribution in [0.3, 0.4) is 0 Å². The molecule has 0 spiro atoms. The van der Waals surface area contributed by atoms with E-state index in [2.05, 4.69) is 21.2 Å². The number of hydrogen-bond donors (Lipinski definition) is 1. The van der Waals surface area contributed by atoms with Gasteiger partial charge in [0.05, 0.1) is 6.42 Å². The van der Waals surface area contributed by atoms with Crippen LogP contribution in [0, 0.1) is 6.92 Å². The molecule has 17 heavy (non-hydrogen) atoms. The third kappa shape index (κ3) is 5.55. The van der Waals surface area contributed by atoms with Crippen LogP contribution in [-0.2, 0) is 6.54 Å². The molecule has 0 radical (unpaired) electrons. The lowest BCUT2D eigenvalue weighted by molar-refractivity contribution is -0.139. The summed E-state index contributed by atoms with van der Waals surface area (Å²) in [6, 6.07) is 5.20. The summed E-state index contributed by atoms with van der Waals surface area (Å²) in [5.41, 5.74) is 2.08. The number of benzene rings is 1. The summed E-state index contributed by atoms with van der Waals surface area (Å²) in [5, 5.41) is 2.86. The number of aryl methyl sites for hydroxylation is 1. The first-order valence-electron chi connectivity index (χ1n) is 5.33. The maximum atomic E-state index is 12.1. The molecule has 5 heteroatoms. The first-order valence-corrected chi connectivity index (χ1v) is 6.12. The van der Waals surface area contributed by atoms with E-state index in [-0.39, 0.29) is 0 Å². The molecule has 0 aliphatic heterocycles. The molecule has 0 aliphatic carbocycles. The second-order valence-electron chi connectivity index (χ2n) is 4.18. The van der Waals surface area contributed by atoms with Crippen molar-refractivity contribution in [1.82, 2.24) is 5.32 Å². The molecule has 1 rings (SSSR count). The van der Waals surface area contributed by atoms with E-state index in [1.54, 1.807) is 0 Å². The molecule has 0 aromatic heterocycles. The quantitative estimate of drug-likeness (QED) is 0.879. The van der Waals surface area contributed by atoms with E-state index in [0.717, 1.165) is 15.6 Å². The molecule has 1 aromatic rings. The smallest absolute Gasteiger partial charge is 0.310 e. The SMILES string of the molecule is Cc1ccc(CNC(C)CC(F)(F)F)cc1Br. The molecule has 1 unspecified atom stereocenters. The zero-order chi connectivity index (χ0) is 13.1. The highest BCUT2D eigenvalue weighted by atomic mass is 79.9. The van der Waals surface area contributed by atoms with Gasteiger partial charge in [-0.3, -0.25) is 0 Å². The highest BCUT2D eigenvalue weighted by Crippen LogP contribution is 2.22. The van der Waals surface area contributed by atoms with Crippen LogP contribution in [0.15, 0.2) is 22.7 Å². The average molecular weight is 310 g/mol. The maximum absolute atomic E-state index is 12.1. The second-order valence-corrected chi connectivity index (χ2v) is 5.04. The topological polar surface area (TPSA) is 12.0 Å². The first-order chi connectivity index (χ1) is 7.78. The van der Waals surface area contributed by atoms with Gasteiger partial charge in [0.2, 0.25) is 0 Å². The van der Waals surface area contributed by atoms with Gasteiger partial charge < -0.3 is 5.32 Å². The number of rotatable bonds is 4. The van der Waals surface area contributed by atoms with Crippen molar-refractivity contribution in [1.29, 1.82) is 0 Å². The Kier molecular flexibility index (Phi) is 5.01. The standard InChI is InChI=1S/C12H15BrF3N/c1-8-3-4-10(5-11(8)13)7-17-9(2)6-12(14,15)16/h3-5,9,17H,6-7H2,1-2H3. The van der Waals surface area contributed by atoms with Crippen LogP contribution >= 0.6 is 15.9 Å². The monoisotopic (exact) mass is 309 g/mol. The minimum Gasteiger partial charge on any atom is -0.310 e. The van der Waals surface area contributed by atoms with Crippen molar-refractivity contribution in [3.8, 4) is 0 Å². The summed E-state index contributed by atoms with van der Waals surface area (Å²) in [6.07, 6.45) is -4.92. The predicted octanol–water partition coefficient (Wildman–Crippen LogP) is 4.19. The Morgan fingerprint density at radius 1 is 1.35 bits per heavy atom. The molecule has 0 heterocycles. The maximum Gasteiger partial charge on any atom is 0.390 e. The summed E-state index contributed by atoms with van der Waals surface area (Å²) in [6.45, 7) is 3.94. The Balaban J connectivity index is 2.47. The van der Waals surface area contributed by atoms with Crippen LogP contribution in [0.25, 0.3) is 0 Å². The molecule has 0 saturated carbocycles. The molecule has 0 aliphatic rings. The zero-order valence-corrected chi connectivity index (χ0v) is 11.3. The minimum absolute atomic E-state index is 0.441. The second kappa shape index (κ2) is 5.87. The van der Waals surface area contributed by atoms with Gasteiger partial charge in [0.1, 0.15) is 0 Å². The third-order valence-corrected chi connectivity index (χ3v) is 3.28. The predicted molar refractivity (Wildman–Crippen MR) is 65.9 cm³/mol. The molecule has 0 saturated heterocycles. The van der Waals surface area contributed by atoms with E-state index in [1.165, 1.54) is 6.92 Å². The number of halogens is 4. The van der Waals surface area contributed by atoms with Gasteiger partial charge in [-0.1, -0.05) is 28.1 Å². The van der Waals surface area contributed by atoms with Crippen molar-refractivity contribution in [3.63, 3.8) is 0 Å². The lowest BCUT2D eigenvalue weighted by Crippen LogP contribution is -2.30. The summed E-state index contributed by atoms with van der Waals surface area (Å²) < 4.78 is 37.3. The van der Waals surface area contributed by atoms with Gasteiger partial charge >= 0.3 is 6.18 Å². The van der Waals surface area contributed by atoms with Crippen molar-refractivity contribution in [3.05, 3.63) is 33.8 Å². The molecular weight excluding hydrogens is 295 g/mol. The third-order valence-electron chi connectivity index (χ3n) is 2.43. The summed E-state index contributed by atoms with van der Waals surface area (Å²) in [7, 11) is 0. The van der Waals surface area contributed by atoms with E-state index in [9.17, 15) is 13.2 Å². The van der Waals surface area contributed by atoms with E-state index < -0.39 is 18.6 Å². The number of alkyl halides is 3. The zero-order valence-electron chi connectivity index (χ0n) is 9.74.